The van der Waals surface area contributed by atoms with Gasteiger partial charge < -0.3 is 5.32 Å². The monoisotopic (exact) mass is 333 g/mol. The molecule has 0 saturated heterocycles. The zero-order valence-corrected chi connectivity index (χ0v) is 15.1. The highest BCUT2D eigenvalue weighted by Gasteiger charge is 2.16. The molecule has 0 aliphatic heterocycles. The van der Waals surface area contributed by atoms with Gasteiger partial charge in [-0.15, -0.1) is 0 Å². The number of carbonyl (C=O) groups excluding carboxylic acids is 1. The Kier molecular flexibility index (Phi) is 4.70. The standard InChI is InChI=1S/C21H23N3O/c1-14-10-11-15(2)19(12-14)21(25)22-20-16(3)23-24(17(20)4)13-18-8-6-5-7-9-18/h5-12H,13H2,1-4H3,(H,22,25). The number of nitrogens with one attached hydrogen (secondary N) is 1. The van der Waals surface area contributed by atoms with Crippen LogP contribution in [-0.4, -0.2) is 15.7 Å². The molecular weight excluding hydrogens is 310 g/mol. The molecule has 1 heterocycles. The van der Waals surface area contributed by atoms with Gasteiger partial charge in [-0.2, -0.15) is 5.10 Å². The van der Waals surface area contributed by atoms with E-state index in [1.807, 2.05) is 68.8 Å². The fourth-order valence-corrected chi connectivity index (χ4v) is 2.95. The Balaban J connectivity index is 1.86. The number of hydrogen-bond donors (Lipinski definition) is 1. The van der Waals surface area contributed by atoms with Crippen LogP contribution < -0.4 is 5.32 Å². The van der Waals surface area contributed by atoms with E-state index in [0.717, 1.165) is 28.2 Å². The molecule has 0 aliphatic rings. The fraction of sp³-hybridized carbons (Fsp3) is 0.238. The van der Waals surface area contributed by atoms with E-state index < -0.39 is 0 Å². The summed E-state index contributed by atoms with van der Waals surface area (Å²) in [5.74, 6) is -0.0911. The summed E-state index contributed by atoms with van der Waals surface area (Å²) in [5, 5.41) is 7.64. The molecule has 0 unspecified atom stereocenters. The summed E-state index contributed by atoms with van der Waals surface area (Å²) in [6.07, 6.45) is 0. The molecule has 0 aliphatic carbocycles. The van der Waals surface area contributed by atoms with E-state index in [1.165, 1.54) is 5.56 Å². The first-order valence-corrected chi connectivity index (χ1v) is 8.42. The lowest BCUT2D eigenvalue weighted by Gasteiger charge is -2.10. The van der Waals surface area contributed by atoms with E-state index in [2.05, 4.69) is 22.5 Å². The maximum absolute atomic E-state index is 12.7. The molecule has 4 heteroatoms. The first-order valence-electron chi connectivity index (χ1n) is 8.42. The molecule has 0 atom stereocenters. The van der Waals surface area contributed by atoms with E-state index in [1.54, 1.807) is 0 Å². The number of rotatable bonds is 4. The lowest BCUT2D eigenvalue weighted by molar-refractivity contribution is 0.102. The molecule has 0 spiro atoms. The number of carbonyl (C=O) groups is 1. The van der Waals surface area contributed by atoms with E-state index in [0.29, 0.717) is 12.1 Å². The van der Waals surface area contributed by atoms with Crippen molar-refractivity contribution < 1.29 is 4.79 Å². The highest BCUT2D eigenvalue weighted by Crippen LogP contribution is 2.22. The average molecular weight is 333 g/mol. The Labute approximate surface area is 148 Å². The molecule has 1 N–H and O–H groups in total. The molecule has 3 rings (SSSR count). The van der Waals surface area contributed by atoms with Gasteiger partial charge in [-0.1, -0.05) is 48.0 Å². The van der Waals surface area contributed by atoms with Crippen LogP contribution in [0.1, 0.15) is 38.4 Å². The number of aryl methyl sites for hydroxylation is 3. The van der Waals surface area contributed by atoms with Gasteiger partial charge in [0, 0.05) is 5.56 Å². The molecule has 1 aromatic heterocycles. The Bertz CT molecular complexity index is 910. The second kappa shape index (κ2) is 6.93. The van der Waals surface area contributed by atoms with Gasteiger partial charge >= 0.3 is 0 Å². The van der Waals surface area contributed by atoms with Gasteiger partial charge in [0.15, 0.2) is 0 Å². The Morgan fingerprint density at radius 3 is 2.48 bits per heavy atom. The van der Waals surface area contributed by atoms with Crippen LogP contribution in [-0.2, 0) is 6.54 Å². The van der Waals surface area contributed by atoms with Crippen molar-refractivity contribution in [2.75, 3.05) is 5.32 Å². The number of aromatic nitrogens is 2. The molecule has 1 amide bonds. The van der Waals surface area contributed by atoms with E-state index in [9.17, 15) is 4.79 Å². The van der Waals surface area contributed by atoms with Crippen LogP contribution in [0.5, 0.6) is 0 Å². The van der Waals surface area contributed by atoms with Crippen LogP contribution in [0.3, 0.4) is 0 Å². The van der Waals surface area contributed by atoms with Crippen LogP contribution in [0.4, 0.5) is 5.69 Å². The topological polar surface area (TPSA) is 46.9 Å². The minimum atomic E-state index is -0.0911. The third-order valence-corrected chi connectivity index (χ3v) is 4.43. The number of benzene rings is 2. The van der Waals surface area contributed by atoms with Crippen molar-refractivity contribution in [1.29, 1.82) is 0 Å². The smallest absolute Gasteiger partial charge is 0.256 e. The zero-order chi connectivity index (χ0) is 18.0. The fourth-order valence-electron chi connectivity index (χ4n) is 2.95. The second-order valence-corrected chi connectivity index (χ2v) is 6.46. The normalized spacial score (nSPS) is 10.7. The first-order chi connectivity index (χ1) is 12.0. The highest BCUT2D eigenvalue weighted by atomic mass is 16.1. The van der Waals surface area contributed by atoms with Crippen molar-refractivity contribution in [2.24, 2.45) is 0 Å². The molecule has 0 bridgehead atoms. The van der Waals surface area contributed by atoms with Crippen molar-refractivity contribution in [3.8, 4) is 0 Å². The average Bonchev–Trinajstić information content (AvgIpc) is 2.85. The largest absolute Gasteiger partial charge is 0.319 e. The summed E-state index contributed by atoms with van der Waals surface area (Å²) in [7, 11) is 0. The summed E-state index contributed by atoms with van der Waals surface area (Å²) in [4.78, 5) is 12.7. The minimum absolute atomic E-state index is 0.0911. The van der Waals surface area contributed by atoms with E-state index in [4.69, 9.17) is 0 Å². The van der Waals surface area contributed by atoms with Gasteiger partial charge in [0.1, 0.15) is 0 Å². The van der Waals surface area contributed by atoms with Crippen molar-refractivity contribution >= 4 is 11.6 Å². The van der Waals surface area contributed by atoms with E-state index in [-0.39, 0.29) is 5.91 Å². The summed E-state index contributed by atoms with van der Waals surface area (Å²) in [5.41, 5.74) is 6.50. The van der Waals surface area contributed by atoms with Crippen LogP contribution >= 0.6 is 0 Å². The van der Waals surface area contributed by atoms with Crippen molar-refractivity contribution in [3.05, 3.63) is 82.2 Å². The van der Waals surface area contributed by atoms with Gasteiger partial charge in [-0.25, -0.2) is 0 Å². The minimum Gasteiger partial charge on any atom is -0.319 e. The van der Waals surface area contributed by atoms with Gasteiger partial charge in [0.05, 0.1) is 23.6 Å². The Morgan fingerprint density at radius 2 is 1.76 bits per heavy atom. The number of amides is 1. The van der Waals surface area contributed by atoms with Gasteiger partial charge in [0.2, 0.25) is 0 Å². The third kappa shape index (κ3) is 3.63. The lowest BCUT2D eigenvalue weighted by atomic mass is 10.0. The van der Waals surface area contributed by atoms with Crippen molar-refractivity contribution in [2.45, 2.75) is 34.2 Å². The Hall–Kier alpha value is -2.88. The van der Waals surface area contributed by atoms with Crippen molar-refractivity contribution in [3.63, 3.8) is 0 Å². The number of anilines is 1. The van der Waals surface area contributed by atoms with E-state index >= 15 is 0 Å². The molecule has 2 aromatic carbocycles. The molecule has 3 aromatic rings. The second-order valence-electron chi connectivity index (χ2n) is 6.46. The SMILES string of the molecule is Cc1ccc(C)c(C(=O)Nc2c(C)nn(Cc3ccccc3)c2C)c1. The molecule has 0 radical (unpaired) electrons. The van der Waals surface area contributed by atoms with Crippen LogP contribution in [0.25, 0.3) is 0 Å². The third-order valence-electron chi connectivity index (χ3n) is 4.43. The molecule has 0 fully saturated rings. The molecule has 25 heavy (non-hydrogen) atoms. The summed E-state index contributed by atoms with van der Waals surface area (Å²) < 4.78 is 1.93. The maximum atomic E-state index is 12.7. The predicted molar refractivity (Wildman–Crippen MR) is 101 cm³/mol. The molecular formula is C21H23N3O. The number of nitrogens with zero attached hydrogens (tertiary/aromatic N) is 2. The first kappa shape index (κ1) is 17.0. The Morgan fingerprint density at radius 1 is 1.04 bits per heavy atom. The maximum Gasteiger partial charge on any atom is 0.256 e. The van der Waals surface area contributed by atoms with Crippen LogP contribution in [0, 0.1) is 27.7 Å². The molecule has 128 valence electrons. The predicted octanol–water partition coefficient (Wildman–Crippen LogP) is 4.42. The zero-order valence-electron chi connectivity index (χ0n) is 15.1. The van der Waals surface area contributed by atoms with Gasteiger partial charge in [-0.3, -0.25) is 9.48 Å². The summed E-state index contributed by atoms with van der Waals surface area (Å²) >= 11 is 0. The lowest BCUT2D eigenvalue weighted by Crippen LogP contribution is -2.15. The van der Waals surface area contributed by atoms with Gasteiger partial charge in [-0.05, 0) is 44.9 Å². The summed E-state index contributed by atoms with van der Waals surface area (Å²) in [6.45, 7) is 8.54. The van der Waals surface area contributed by atoms with Gasteiger partial charge in [0.25, 0.3) is 5.91 Å². The quantitative estimate of drug-likeness (QED) is 0.768. The molecule has 0 saturated carbocycles. The number of hydrogen-bond acceptors (Lipinski definition) is 2. The molecule has 4 nitrogen and oxygen atoms in total. The summed E-state index contributed by atoms with van der Waals surface area (Å²) in [6, 6.07) is 16.1. The van der Waals surface area contributed by atoms with Crippen molar-refractivity contribution in [1.82, 2.24) is 9.78 Å². The highest BCUT2D eigenvalue weighted by molar-refractivity contribution is 6.06. The van der Waals surface area contributed by atoms with Crippen LogP contribution in [0.15, 0.2) is 48.5 Å². The van der Waals surface area contributed by atoms with Crippen LogP contribution in [0.2, 0.25) is 0 Å².